The summed E-state index contributed by atoms with van der Waals surface area (Å²) in [4.78, 5) is 28.2. The highest BCUT2D eigenvalue weighted by atomic mass is 16.6. The largest absolute Gasteiger partial charge is 0.497 e. The van der Waals surface area contributed by atoms with Gasteiger partial charge in [0, 0.05) is 0 Å². The van der Waals surface area contributed by atoms with E-state index in [1.165, 1.54) is 20.3 Å². The Morgan fingerprint density at radius 2 is 2.00 bits per heavy atom. The van der Waals surface area contributed by atoms with E-state index < -0.39 is 11.5 Å². The summed E-state index contributed by atoms with van der Waals surface area (Å²) in [5.41, 5.74) is 4.76. The summed E-state index contributed by atoms with van der Waals surface area (Å²) in [6.07, 6.45) is 0. The number of aromatic nitrogens is 1. The third-order valence-corrected chi connectivity index (χ3v) is 2.62. The number of hydrogen-bond acceptors (Lipinski definition) is 4. The molecule has 1 aromatic carbocycles. The summed E-state index contributed by atoms with van der Waals surface area (Å²) in [5.74, 6) is -0.147. The van der Waals surface area contributed by atoms with Gasteiger partial charge in [-0.25, -0.2) is 0 Å². The standard InChI is InChI=1S/C12H12N2O4/c1-17-8-3-4-9-7(5-8)6-10(11(13)15)14(18-2)12(9)16/h3-6H,1-2H3,(H2,13,15). The molecule has 18 heavy (non-hydrogen) atoms. The van der Waals surface area contributed by atoms with Crippen molar-refractivity contribution in [3.63, 3.8) is 0 Å². The Balaban J connectivity index is 2.86. The molecular weight excluding hydrogens is 236 g/mol. The average Bonchev–Trinajstić information content (AvgIpc) is 2.37. The highest BCUT2D eigenvalue weighted by molar-refractivity contribution is 5.95. The SMILES string of the molecule is COc1ccc2c(=O)n(OC)c(C(N)=O)cc2c1. The van der Waals surface area contributed by atoms with Gasteiger partial charge in [-0.1, -0.05) is 0 Å². The zero-order valence-electron chi connectivity index (χ0n) is 9.97. The van der Waals surface area contributed by atoms with Gasteiger partial charge in [-0.15, -0.1) is 4.73 Å². The Morgan fingerprint density at radius 3 is 2.56 bits per heavy atom. The predicted octanol–water partition coefficient (Wildman–Crippen LogP) is 0.167. The van der Waals surface area contributed by atoms with Crippen LogP contribution < -0.4 is 20.9 Å². The van der Waals surface area contributed by atoms with Crippen LogP contribution in [0.25, 0.3) is 10.8 Å². The summed E-state index contributed by atoms with van der Waals surface area (Å²) in [7, 11) is 2.82. The maximum absolute atomic E-state index is 12.1. The molecule has 2 aromatic rings. The fourth-order valence-electron chi connectivity index (χ4n) is 1.76. The molecule has 0 atom stereocenters. The van der Waals surface area contributed by atoms with Crippen molar-refractivity contribution in [2.45, 2.75) is 0 Å². The first-order valence-electron chi connectivity index (χ1n) is 5.16. The molecule has 0 spiro atoms. The maximum Gasteiger partial charge on any atom is 0.291 e. The fraction of sp³-hybridized carbons (Fsp3) is 0.167. The summed E-state index contributed by atoms with van der Waals surface area (Å²) >= 11 is 0. The number of carbonyl (C=O) groups is 1. The van der Waals surface area contributed by atoms with E-state index in [-0.39, 0.29) is 5.69 Å². The Labute approximate surface area is 102 Å². The number of nitrogens with zero attached hydrogens (tertiary/aromatic N) is 1. The lowest BCUT2D eigenvalue weighted by Gasteiger charge is -2.10. The third kappa shape index (κ3) is 1.77. The topological polar surface area (TPSA) is 83.6 Å². The molecule has 94 valence electrons. The van der Waals surface area contributed by atoms with E-state index >= 15 is 0 Å². The van der Waals surface area contributed by atoms with Gasteiger partial charge in [0.05, 0.1) is 12.5 Å². The molecule has 0 aliphatic rings. The number of nitrogens with two attached hydrogens (primary N) is 1. The normalized spacial score (nSPS) is 10.3. The summed E-state index contributed by atoms with van der Waals surface area (Å²) in [6, 6.07) is 6.42. The van der Waals surface area contributed by atoms with Crippen molar-refractivity contribution in [1.29, 1.82) is 0 Å². The lowest BCUT2D eigenvalue weighted by molar-refractivity contribution is 0.0930. The Morgan fingerprint density at radius 1 is 1.28 bits per heavy atom. The van der Waals surface area contributed by atoms with E-state index in [2.05, 4.69) is 0 Å². The highest BCUT2D eigenvalue weighted by Gasteiger charge is 2.14. The second-order valence-electron chi connectivity index (χ2n) is 3.63. The first-order chi connectivity index (χ1) is 8.58. The van der Waals surface area contributed by atoms with Crippen molar-refractivity contribution in [3.8, 4) is 5.75 Å². The molecule has 0 aliphatic carbocycles. The summed E-state index contributed by atoms with van der Waals surface area (Å²) in [6.45, 7) is 0. The Kier molecular flexibility index (Phi) is 2.93. The molecule has 0 bridgehead atoms. The zero-order valence-corrected chi connectivity index (χ0v) is 9.97. The molecule has 1 amide bonds. The van der Waals surface area contributed by atoms with Gasteiger partial charge in [0.2, 0.25) is 0 Å². The van der Waals surface area contributed by atoms with Crippen molar-refractivity contribution in [1.82, 2.24) is 4.73 Å². The van der Waals surface area contributed by atoms with Gasteiger partial charge >= 0.3 is 0 Å². The number of hydrogen-bond donors (Lipinski definition) is 1. The molecule has 0 unspecified atom stereocenters. The lowest BCUT2D eigenvalue weighted by Crippen LogP contribution is -2.32. The van der Waals surface area contributed by atoms with Gasteiger partial charge in [0.15, 0.2) is 0 Å². The van der Waals surface area contributed by atoms with Gasteiger partial charge in [-0.3, -0.25) is 9.59 Å². The molecule has 0 fully saturated rings. The molecule has 2 N–H and O–H groups in total. The molecule has 1 aromatic heterocycles. The maximum atomic E-state index is 12.1. The minimum Gasteiger partial charge on any atom is -0.497 e. The van der Waals surface area contributed by atoms with Crippen LogP contribution in [0.3, 0.4) is 0 Å². The Hall–Kier alpha value is -2.50. The molecule has 1 heterocycles. The van der Waals surface area contributed by atoms with Crippen LogP contribution in [0, 0.1) is 0 Å². The minimum absolute atomic E-state index is 0.0109. The van der Waals surface area contributed by atoms with E-state index in [1.807, 2.05) is 0 Å². The number of primary amides is 1. The Bertz CT molecular complexity index is 676. The monoisotopic (exact) mass is 248 g/mol. The smallest absolute Gasteiger partial charge is 0.291 e. The number of fused-ring (bicyclic) bond motifs is 1. The third-order valence-electron chi connectivity index (χ3n) is 2.62. The molecule has 0 saturated heterocycles. The summed E-state index contributed by atoms with van der Waals surface area (Å²) in [5, 5.41) is 0.990. The molecule has 6 heteroatoms. The molecule has 0 radical (unpaired) electrons. The van der Waals surface area contributed by atoms with Crippen molar-refractivity contribution in [2.24, 2.45) is 5.73 Å². The lowest BCUT2D eigenvalue weighted by atomic mass is 10.1. The van der Waals surface area contributed by atoms with Crippen LogP contribution in [0.15, 0.2) is 29.1 Å². The van der Waals surface area contributed by atoms with Crippen LogP contribution in [0.4, 0.5) is 0 Å². The van der Waals surface area contributed by atoms with Gasteiger partial charge in [0.1, 0.15) is 18.6 Å². The highest BCUT2D eigenvalue weighted by Crippen LogP contribution is 2.19. The van der Waals surface area contributed by atoms with Crippen LogP contribution in [0.1, 0.15) is 10.5 Å². The van der Waals surface area contributed by atoms with Crippen LogP contribution >= 0.6 is 0 Å². The number of amides is 1. The molecule has 6 nitrogen and oxygen atoms in total. The van der Waals surface area contributed by atoms with Crippen LogP contribution in [-0.2, 0) is 0 Å². The first kappa shape index (κ1) is 12.0. The molecule has 2 rings (SSSR count). The van der Waals surface area contributed by atoms with E-state index in [0.717, 1.165) is 4.73 Å². The van der Waals surface area contributed by atoms with Gasteiger partial charge in [0.25, 0.3) is 11.5 Å². The van der Waals surface area contributed by atoms with Crippen LogP contribution in [0.2, 0.25) is 0 Å². The zero-order chi connectivity index (χ0) is 13.3. The van der Waals surface area contributed by atoms with Crippen LogP contribution in [0.5, 0.6) is 5.75 Å². The van der Waals surface area contributed by atoms with E-state index in [9.17, 15) is 9.59 Å². The molecule has 0 aliphatic heterocycles. The van der Waals surface area contributed by atoms with E-state index in [1.54, 1.807) is 18.2 Å². The number of ether oxygens (including phenoxy) is 1. The number of benzene rings is 1. The predicted molar refractivity (Wildman–Crippen MR) is 65.8 cm³/mol. The van der Waals surface area contributed by atoms with E-state index in [0.29, 0.717) is 16.5 Å². The second kappa shape index (κ2) is 4.40. The quantitative estimate of drug-likeness (QED) is 0.839. The minimum atomic E-state index is -0.737. The van der Waals surface area contributed by atoms with Crippen molar-refractivity contribution in [3.05, 3.63) is 40.3 Å². The first-order valence-corrected chi connectivity index (χ1v) is 5.16. The van der Waals surface area contributed by atoms with Gasteiger partial charge < -0.3 is 15.3 Å². The number of carbonyl (C=O) groups excluding carboxylic acids is 1. The number of pyridine rings is 1. The van der Waals surface area contributed by atoms with Gasteiger partial charge in [-0.05, 0) is 29.7 Å². The fourth-order valence-corrected chi connectivity index (χ4v) is 1.76. The van der Waals surface area contributed by atoms with Crippen molar-refractivity contribution < 1.29 is 14.4 Å². The van der Waals surface area contributed by atoms with Crippen LogP contribution in [-0.4, -0.2) is 24.9 Å². The molecule has 0 saturated carbocycles. The second-order valence-corrected chi connectivity index (χ2v) is 3.63. The average molecular weight is 248 g/mol. The van der Waals surface area contributed by atoms with Gasteiger partial charge in [-0.2, -0.15) is 0 Å². The number of methoxy groups -OCH3 is 1. The molecular formula is C12H12N2O4. The summed E-state index contributed by atoms with van der Waals surface area (Å²) < 4.78 is 5.93. The number of rotatable bonds is 3. The van der Waals surface area contributed by atoms with Crippen molar-refractivity contribution in [2.75, 3.05) is 14.2 Å². The van der Waals surface area contributed by atoms with E-state index in [4.69, 9.17) is 15.3 Å². The van der Waals surface area contributed by atoms with Crippen molar-refractivity contribution >= 4 is 16.7 Å².